The van der Waals surface area contributed by atoms with Gasteiger partial charge in [-0.05, 0) is 49.9 Å². The van der Waals surface area contributed by atoms with E-state index >= 15 is 0 Å². The molecule has 1 N–H and O–H groups in total. The fourth-order valence-electron chi connectivity index (χ4n) is 4.79. The molecule has 2 aliphatic heterocycles. The normalized spacial score (nSPS) is 24.0. The Balaban J connectivity index is 1.60. The molecule has 0 radical (unpaired) electrons. The molecule has 1 aromatic carbocycles. The number of benzene rings is 1. The lowest BCUT2D eigenvalue weighted by Gasteiger charge is -2.46. The summed E-state index contributed by atoms with van der Waals surface area (Å²) >= 11 is 1.18. The van der Waals surface area contributed by atoms with Crippen molar-refractivity contribution in [3.63, 3.8) is 0 Å². The van der Waals surface area contributed by atoms with Gasteiger partial charge in [-0.3, -0.25) is 4.90 Å². The molecule has 2 saturated heterocycles. The number of rotatable bonds is 6. The van der Waals surface area contributed by atoms with Crippen LogP contribution in [0.15, 0.2) is 46.0 Å². The van der Waals surface area contributed by atoms with Gasteiger partial charge in [-0.1, -0.05) is 18.2 Å². The van der Waals surface area contributed by atoms with E-state index in [2.05, 4.69) is 9.80 Å². The van der Waals surface area contributed by atoms with Crippen molar-refractivity contribution < 1.29 is 31.4 Å². The molecule has 0 aliphatic carbocycles. The largest absolute Gasteiger partial charge is 0.421 e. The molecule has 0 saturated carbocycles. The van der Waals surface area contributed by atoms with Gasteiger partial charge in [-0.25, -0.2) is 8.42 Å². The molecule has 2 fully saturated rings. The molecular formula is C24H32F3N3O4S2. The van der Waals surface area contributed by atoms with Crippen LogP contribution in [0.5, 0.6) is 0 Å². The number of aliphatic hydroxyl groups is 1. The number of halogens is 3. The van der Waals surface area contributed by atoms with E-state index in [1.165, 1.54) is 27.8 Å². The molecule has 2 aliphatic rings. The van der Waals surface area contributed by atoms with Crippen LogP contribution in [0, 0.1) is 0 Å². The van der Waals surface area contributed by atoms with Gasteiger partial charge in [0.1, 0.15) is 4.21 Å². The Morgan fingerprint density at radius 3 is 2.42 bits per heavy atom. The van der Waals surface area contributed by atoms with E-state index in [0.717, 1.165) is 6.92 Å². The van der Waals surface area contributed by atoms with Gasteiger partial charge in [0.25, 0.3) is 10.0 Å². The minimum Gasteiger partial charge on any atom is -0.376 e. The van der Waals surface area contributed by atoms with Crippen LogP contribution in [-0.2, 0) is 20.4 Å². The van der Waals surface area contributed by atoms with Crippen LogP contribution >= 0.6 is 11.3 Å². The van der Waals surface area contributed by atoms with Gasteiger partial charge in [-0.2, -0.15) is 17.5 Å². The summed E-state index contributed by atoms with van der Waals surface area (Å²) in [5.74, 6) is 0. The lowest BCUT2D eigenvalue weighted by molar-refractivity contribution is -0.258. The molecule has 4 rings (SSSR count). The van der Waals surface area contributed by atoms with Crippen molar-refractivity contribution in [1.29, 1.82) is 0 Å². The Morgan fingerprint density at radius 2 is 1.83 bits per heavy atom. The molecule has 0 amide bonds. The zero-order valence-electron chi connectivity index (χ0n) is 20.5. The molecule has 3 heterocycles. The van der Waals surface area contributed by atoms with E-state index < -0.39 is 21.8 Å². The van der Waals surface area contributed by atoms with Crippen molar-refractivity contribution in [1.82, 2.24) is 9.21 Å². The van der Waals surface area contributed by atoms with Crippen LogP contribution in [0.3, 0.4) is 0 Å². The lowest BCUT2D eigenvalue weighted by Crippen LogP contribution is -2.60. The van der Waals surface area contributed by atoms with Crippen molar-refractivity contribution in [2.45, 2.75) is 48.4 Å². The Bertz CT molecular complexity index is 1140. The minimum absolute atomic E-state index is 0.226. The zero-order chi connectivity index (χ0) is 26.4. The summed E-state index contributed by atoms with van der Waals surface area (Å²) in [6.45, 7) is 8.18. The molecule has 0 unspecified atom stereocenters. The summed E-state index contributed by atoms with van der Waals surface area (Å²) in [6, 6.07) is 8.77. The molecule has 36 heavy (non-hydrogen) atoms. The van der Waals surface area contributed by atoms with Crippen LogP contribution in [0.1, 0.15) is 26.3 Å². The quantitative estimate of drug-likeness (QED) is 0.597. The second kappa shape index (κ2) is 9.88. The number of alkyl halides is 3. The highest BCUT2D eigenvalue weighted by atomic mass is 32.2. The molecule has 7 nitrogen and oxygen atoms in total. The Kier molecular flexibility index (Phi) is 7.50. The predicted octanol–water partition coefficient (Wildman–Crippen LogP) is 3.51. The maximum atomic E-state index is 13.3. The SMILES string of the molecule is CC1(C)CN(C[C@@H]2CN(S(=O)(=O)c3cccs3)CCN2c2ccc([C@](C)(O)C(F)(F)F)cc2)CCO1. The number of hydrogen-bond donors (Lipinski definition) is 1. The van der Waals surface area contributed by atoms with Gasteiger partial charge in [0.2, 0.25) is 0 Å². The van der Waals surface area contributed by atoms with Crippen LogP contribution in [0.2, 0.25) is 0 Å². The Morgan fingerprint density at radius 1 is 1.14 bits per heavy atom. The number of ether oxygens (including phenoxy) is 1. The maximum absolute atomic E-state index is 13.3. The highest BCUT2D eigenvalue weighted by Crippen LogP contribution is 2.39. The average Bonchev–Trinajstić information content (AvgIpc) is 3.34. The van der Waals surface area contributed by atoms with E-state index in [9.17, 15) is 26.7 Å². The lowest BCUT2D eigenvalue weighted by atomic mass is 9.95. The van der Waals surface area contributed by atoms with Crippen LogP contribution in [0.4, 0.5) is 18.9 Å². The second-order valence-electron chi connectivity index (χ2n) is 10.1. The van der Waals surface area contributed by atoms with E-state index in [1.807, 2.05) is 13.8 Å². The van der Waals surface area contributed by atoms with Gasteiger partial charge >= 0.3 is 6.18 Å². The number of morpholine rings is 1. The number of thiophene rings is 1. The van der Waals surface area contributed by atoms with Crippen molar-refractivity contribution in [3.8, 4) is 0 Å². The van der Waals surface area contributed by atoms with Crippen molar-refractivity contribution in [2.75, 3.05) is 50.8 Å². The van der Waals surface area contributed by atoms with Gasteiger partial charge in [0.05, 0.1) is 18.2 Å². The molecule has 0 bridgehead atoms. The van der Waals surface area contributed by atoms with Crippen LogP contribution < -0.4 is 4.90 Å². The summed E-state index contributed by atoms with van der Waals surface area (Å²) in [4.78, 5) is 4.29. The monoisotopic (exact) mass is 547 g/mol. The third-order valence-electron chi connectivity index (χ3n) is 6.82. The number of hydrogen-bond acceptors (Lipinski definition) is 7. The van der Waals surface area contributed by atoms with E-state index in [-0.39, 0.29) is 30.3 Å². The Labute approximate surface area is 214 Å². The summed E-state index contributed by atoms with van der Waals surface area (Å²) in [5.41, 5.74) is -2.85. The summed E-state index contributed by atoms with van der Waals surface area (Å²) < 4.78 is 73.9. The standard InChI is InChI=1S/C24H32F3N3O4S2/c1-22(2)17-28(12-13-34-22)15-20-16-29(36(32,33)21-5-4-14-35-21)10-11-30(20)19-8-6-18(7-9-19)23(3,31)24(25,26)27/h4-9,14,20,31H,10-13,15-17H2,1-3H3/t20-,23+/m1/s1. The van der Waals surface area contributed by atoms with Crippen molar-refractivity contribution in [3.05, 3.63) is 47.3 Å². The topological polar surface area (TPSA) is 73.3 Å². The first-order valence-electron chi connectivity index (χ1n) is 11.8. The summed E-state index contributed by atoms with van der Waals surface area (Å²) in [7, 11) is -3.64. The summed E-state index contributed by atoms with van der Waals surface area (Å²) in [6.07, 6.45) is -4.80. The third kappa shape index (κ3) is 5.58. The highest BCUT2D eigenvalue weighted by molar-refractivity contribution is 7.91. The van der Waals surface area contributed by atoms with Gasteiger partial charge < -0.3 is 14.7 Å². The molecule has 2 aromatic rings. The molecule has 12 heteroatoms. The molecule has 2 atom stereocenters. The highest BCUT2D eigenvalue weighted by Gasteiger charge is 2.51. The third-order valence-corrected chi connectivity index (χ3v) is 10.1. The predicted molar refractivity (Wildman–Crippen MR) is 133 cm³/mol. The fourth-order valence-corrected chi connectivity index (χ4v) is 7.40. The number of piperazine rings is 1. The average molecular weight is 548 g/mol. The second-order valence-corrected chi connectivity index (χ2v) is 13.2. The summed E-state index contributed by atoms with van der Waals surface area (Å²) in [5, 5.41) is 11.8. The molecule has 1 aromatic heterocycles. The van der Waals surface area contributed by atoms with E-state index in [1.54, 1.807) is 29.6 Å². The fraction of sp³-hybridized carbons (Fsp3) is 0.583. The molecule has 0 spiro atoms. The smallest absolute Gasteiger partial charge is 0.376 e. The maximum Gasteiger partial charge on any atom is 0.421 e. The van der Waals surface area contributed by atoms with Gasteiger partial charge in [0, 0.05) is 45.0 Å². The van der Waals surface area contributed by atoms with Crippen LogP contribution in [-0.4, -0.2) is 86.4 Å². The van der Waals surface area contributed by atoms with Crippen molar-refractivity contribution in [2.24, 2.45) is 0 Å². The van der Waals surface area contributed by atoms with Gasteiger partial charge in [0.15, 0.2) is 5.60 Å². The van der Waals surface area contributed by atoms with Crippen LogP contribution in [0.25, 0.3) is 0 Å². The minimum atomic E-state index is -4.80. The van der Waals surface area contributed by atoms with Crippen molar-refractivity contribution >= 4 is 27.0 Å². The molecule has 200 valence electrons. The van der Waals surface area contributed by atoms with E-state index in [4.69, 9.17) is 4.74 Å². The van der Waals surface area contributed by atoms with E-state index in [0.29, 0.717) is 42.7 Å². The number of sulfonamides is 1. The van der Waals surface area contributed by atoms with Gasteiger partial charge in [-0.15, -0.1) is 11.3 Å². The Hall–Kier alpha value is -1.70. The molecular weight excluding hydrogens is 515 g/mol. The first kappa shape index (κ1) is 27.3. The first-order valence-corrected chi connectivity index (χ1v) is 14.1. The number of anilines is 1. The zero-order valence-corrected chi connectivity index (χ0v) is 22.2. The first-order chi connectivity index (χ1) is 16.7. The number of nitrogens with zero attached hydrogens (tertiary/aromatic N) is 3.